The van der Waals surface area contributed by atoms with Crippen LogP contribution in [0.4, 0.5) is 14.5 Å². The third kappa shape index (κ3) is 4.75. The molecule has 0 aliphatic heterocycles. The van der Waals surface area contributed by atoms with E-state index in [1.807, 2.05) is 0 Å². The molecule has 0 spiro atoms. The SMILES string of the molecule is CCN(CC)S(=O)(=O)c1ccc2c(c1)nc(CCC(=O)Nc1ccc(F)c(F)c1)n2C. The number of benzene rings is 2. The van der Waals surface area contributed by atoms with Gasteiger partial charge in [0.2, 0.25) is 15.9 Å². The van der Waals surface area contributed by atoms with Crippen molar-refractivity contribution < 1.29 is 22.0 Å². The summed E-state index contributed by atoms with van der Waals surface area (Å²) in [6, 6.07) is 7.93. The van der Waals surface area contributed by atoms with E-state index in [9.17, 15) is 22.0 Å². The summed E-state index contributed by atoms with van der Waals surface area (Å²) in [4.78, 5) is 16.8. The summed E-state index contributed by atoms with van der Waals surface area (Å²) in [6.07, 6.45) is 0.361. The Morgan fingerprint density at radius 3 is 2.45 bits per heavy atom. The lowest BCUT2D eigenvalue weighted by atomic mass is 10.2. The van der Waals surface area contributed by atoms with Gasteiger partial charge in [0.05, 0.1) is 15.9 Å². The first-order valence-electron chi connectivity index (χ1n) is 9.87. The summed E-state index contributed by atoms with van der Waals surface area (Å²) in [5.41, 5.74) is 1.43. The fourth-order valence-corrected chi connectivity index (χ4v) is 4.83. The van der Waals surface area contributed by atoms with E-state index in [0.29, 0.717) is 30.9 Å². The highest BCUT2D eigenvalue weighted by Crippen LogP contribution is 2.23. The average molecular weight is 451 g/mol. The van der Waals surface area contributed by atoms with Crippen LogP contribution in [0, 0.1) is 11.6 Å². The minimum atomic E-state index is -3.60. The largest absolute Gasteiger partial charge is 0.331 e. The Morgan fingerprint density at radius 1 is 1.10 bits per heavy atom. The molecule has 0 aliphatic carbocycles. The van der Waals surface area contributed by atoms with Crippen molar-refractivity contribution >= 4 is 32.7 Å². The predicted molar refractivity (Wildman–Crippen MR) is 114 cm³/mol. The number of hydrogen-bond donors (Lipinski definition) is 1. The van der Waals surface area contributed by atoms with Gasteiger partial charge < -0.3 is 9.88 Å². The van der Waals surface area contributed by atoms with E-state index in [-0.39, 0.29) is 22.9 Å². The summed E-state index contributed by atoms with van der Waals surface area (Å²) in [5, 5.41) is 2.52. The third-order valence-corrected chi connectivity index (χ3v) is 7.11. The van der Waals surface area contributed by atoms with Crippen LogP contribution >= 0.6 is 0 Å². The Morgan fingerprint density at radius 2 is 1.81 bits per heavy atom. The number of amides is 1. The molecule has 0 bridgehead atoms. The lowest BCUT2D eigenvalue weighted by Crippen LogP contribution is -2.30. The topological polar surface area (TPSA) is 84.3 Å². The highest BCUT2D eigenvalue weighted by molar-refractivity contribution is 7.89. The number of aryl methyl sites for hydroxylation is 2. The fourth-order valence-electron chi connectivity index (χ4n) is 3.35. The van der Waals surface area contributed by atoms with Crippen molar-refractivity contribution in [1.29, 1.82) is 0 Å². The first-order valence-corrected chi connectivity index (χ1v) is 11.3. The molecule has 1 amide bonds. The molecule has 10 heteroatoms. The van der Waals surface area contributed by atoms with Crippen LogP contribution in [-0.2, 0) is 28.3 Å². The Labute approximate surface area is 179 Å². The van der Waals surface area contributed by atoms with Crippen molar-refractivity contribution in [3.8, 4) is 0 Å². The lowest BCUT2D eigenvalue weighted by molar-refractivity contribution is -0.116. The van der Waals surface area contributed by atoms with E-state index in [0.717, 1.165) is 17.6 Å². The van der Waals surface area contributed by atoms with Crippen LogP contribution in [0.25, 0.3) is 11.0 Å². The summed E-state index contributed by atoms with van der Waals surface area (Å²) in [6.45, 7) is 4.31. The average Bonchev–Trinajstić information content (AvgIpc) is 3.05. The van der Waals surface area contributed by atoms with E-state index in [4.69, 9.17) is 0 Å². The second kappa shape index (κ2) is 9.11. The molecule has 0 aliphatic rings. The zero-order valence-corrected chi connectivity index (χ0v) is 18.3. The van der Waals surface area contributed by atoms with Crippen LogP contribution in [0.15, 0.2) is 41.3 Å². The van der Waals surface area contributed by atoms with Gasteiger partial charge in [-0.15, -0.1) is 0 Å². The standard InChI is InChI=1S/C21H24F2N4O3S/c1-4-27(5-2)31(29,30)15-7-9-19-18(13-15)25-20(26(19)3)10-11-21(28)24-14-6-8-16(22)17(23)12-14/h6-9,12-13H,4-5,10-11H2,1-3H3,(H,24,28). The van der Waals surface area contributed by atoms with Gasteiger partial charge in [0, 0.05) is 44.7 Å². The molecule has 7 nitrogen and oxygen atoms in total. The molecule has 1 N–H and O–H groups in total. The molecule has 0 unspecified atom stereocenters. The van der Waals surface area contributed by atoms with E-state index in [2.05, 4.69) is 10.3 Å². The molecule has 1 aromatic heterocycles. The molecule has 0 atom stereocenters. The maximum absolute atomic E-state index is 13.3. The van der Waals surface area contributed by atoms with Crippen LogP contribution in [0.1, 0.15) is 26.1 Å². The van der Waals surface area contributed by atoms with Crippen molar-refractivity contribution in [3.63, 3.8) is 0 Å². The molecule has 2 aromatic carbocycles. The van der Waals surface area contributed by atoms with E-state index < -0.39 is 21.7 Å². The molecule has 0 saturated carbocycles. The Bertz CT molecular complexity index is 1220. The number of carbonyl (C=O) groups excluding carboxylic acids is 1. The van der Waals surface area contributed by atoms with Gasteiger partial charge in [0.25, 0.3) is 0 Å². The number of hydrogen-bond acceptors (Lipinski definition) is 4. The maximum Gasteiger partial charge on any atom is 0.243 e. The lowest BCUT2D eigenvalue weighted by Gasteiger charge is -2.18. The predicted octanol–water partition coefficient (Wildman–Crippen LogP) is 3.45. The van der Waals surface area contributed by atoms with Crippen molar-refractivity contribution in [1.82, 2.24) is 13.9 Å². The number of anilines is 1. The number of carbonyl (C=O) groups is 1. The number of rotatable bonds is 8. The van der Waals surface area contributed by atoms with Gasteiger partial charge in [-0.25, -0.2) is 22.2 Å². The molecule has 1 heterocycles. The van der Waals surface area contributed by atoms with E-state index >= 15 is 0 Å². The number of halogens is 2. The second-order valence-electron chi connectivity index (χ2n) is 7.00. The van der Waals surface area contributed by atoms with E-state index in [1.165, 1.54) is 16.4 Å². The number of imidazole rings is 1. The Kier molecular flexibility index (Phi) is 6.71. The monoisotopic (exact) mass is 450 g/mol. The van der Waals surface area contributed by atoms with Crippen molar-refractivity contribution in [2.45, 2.75) is 31.6 Å². The quantitative estimate of drug-likeness (QED) is 0.570. The van der Waals surface area contributed by atoms with Crippen molar-refractivity contribution in [2.24, 2.45) is 7.05 Å². The van der Waals surface area contributed by atoms with E-state index in [1.54, 1.807) is 37.6 Å². The first-order chi connectivity index (χ1) is 14.7. The Hall–Kier alpha value is -2.85. The molecular formula is C21H24F2N4O3S. The summed E-state index contributed by atoms with van der Waals surface area (Å²) in [7, 11) is -1.81. The molecule has 166 valence electrons. The van der Waals surface area contributed by atoms with Gasteiger partial charge in [-0.05, 0) is 30.3 Å². The molecule has 3 aromatic rings. The molecule has 0 saturated heterocycles. The zero-order valence-electron chi connectivity index (χ0n) is 17.5. The molecule has 0 radical (unpaired) electrons. The van der Waals surface area contributed by atoms with Crippen LogP contribution in [0.5, 0.6) is 0 Å². The summed E-state index contributed by atoms with van der Waals surface area (Å²) >= 11 is 0. The van der Waals surface area contributed by atoms with Crippen molar-refractivity contribution in [3.05, 3.63) is 53.9 Å². The number of sulfonamides is 1. The number of aromatic nitrogens is 2. The zero-order chi connectivity index (χ0) is 22.8. The van der Waals surface area contributed by atoms with Gasteiger partial charge in [0.1, 0.15) is 5.82 Å². The first kappa shape index (κ1) is 22.8. The van der Waals surface area contributed by atoms with Gasteiger partial charge in [-0.3, -0.25) is 4.79 Å². The summed E-state index contributed by atoms with van der Waals surface area (Å²) < 4.78 is 55.0. The number of fused-ring (bicyclic) bond motifs is 1. The highest BCUT2D eigenvalue weighted by Gasteiger charge is 2.22. The van der Waals surface area contributed by atoms with Gasteiger partial charge in [-0.2, -0.15) is 4.31 Å². The van der Waals surface area contributed by atoms with Crippen LogP contribution < -0.4 is 5.32 Å². The smallest absolute Gasteiger partial charge is 0.243 e. The fraction of sp³-hybridized carbons (Fsp3) is 0.333. The second-order valence-corrected chi connectivity index (χ2v) is 8.94. The molecule has 31 heavy (non-hydrogen) atoms. The number of nitrogens with zero attached hydrogens (tertiary/aromatic N) is 3. The Balaban J connectivity index is 1.76. The molecule has 0 fully saturated rings. The third-order valence-electron chi connectivity index (χ3n) is 5.07. The molecular weight excluding hydrogens is 426 g/mol. The maximum atomic E-state index is 13.3. The highest BCUT2D eigenvalue weighted by atomic mass is 32.2. The van der Waals surface area contributed by atoms with Gasteiger partial charge >= 0.3 is 0 Å². The normalized spacial score (nSPS) is 11.9. The minimum Gasteiger partial charge on any atom is -0.331 e. The van der Waals surface area contributed by atoms with Crippen molar-refractivity contribution in [2.75, 3.05) is 18.4 Å². The minimum absolute atomic E-state index is 0.0702. The van der Waals surface area contributed by atoms with Crippen LogP contribution in [-0.4, -0.2) is 41.3 Å². The van der Waals surface area contributed by atoms with Crippen LogP contribution in [0.2, 0.25) is 0 Å². The van der Waals surface area contributed by atoms with Gasteiger partial charge in [0.15, 0.2) is 11.6 Å². The van der Waals surface area contributed by atoms with Crippen LogP contribution in [0.3, 0.4) is 0 Å². The summed E-state index contributed by atoms with van der Waals surface area (Å²) in [5.74, 6) is -1.79. The van der Waals surface area contributed by atoms with Gasteiger partial charge in [-0.1, -0.05) is 13.8 Å². The number of nitrogens with one attached hydrogen (secondary N) is 1. The molecule has 3 rings (SSSR count).